The average Bonchev–Trinajstić information content (AvgIpc) is 3.03. The van der Waals surface area contributed by atoms with Crippen molar-refractivity contribution in [2.24, 2.45) is 0 Å². The molecule has 2 atom stereocenters. The van der Waals surface area contributed by atoms with Gasteiger partial charge in [0.15, 0.2) is 0 Å². The molecule has 1 aromatic carbocycles. The third kappa shape index (κ3) is 5.08. The molecule has 1 aliphatic heterocycles. The maximum Gasteiger partial charge on any atom is 0.0659 e. The molecule has 0 aliphatic carbocycles. The van der Waals surface area contributed by atoms with Gasteiger partial charge in [0.25, 0.3) is 0 Å². The van der Waals surface area contributed by atoms with Crippen molar-refractivity contribution in [2.45, 2.75) is 24.9 Å². The monoisotopic (exact) mass is 292 g/mol. The summed E-state index contributed by atoms with van der Waals surface area (Å²) in [5, 5.41) is 3.59. The highest BCUT2D eigenvalue weighted by molar-refractivity contribution is 5.19. The van der Waals surface area contributed by atoms with Crippen molar-refractivity contribution in [1.29, 1.82) is 0 Å². The minimum Gasteiger partial charge on any atom is -0.383 e. The lowest BCUT2D eigenvalue weighted by molar-refractivity contribution is 0.0618. The van der Waals surface area contributed by atoms with Gasteiger partial charge in [0.1, 0.15) is 0 Å². The zero-order valence-corrected chi connectivity index (χ0v) is 13.3. The lowest BCUT2D eigenvalue weighted by Gasteiger charge is -2.33. The number of nitrogens with one attached hydrogen (secondary N) is 1. The minimum atomic E-state index is 0.286. The van der Waals surface area contributed by atoms with E-state index in [1.807, 2.05) is 0 Å². The molecule has 0 amide bonds. The minimum absolute atomic E-state index is 0.286. The molecule has 2 rings (SSSR count). The molecule has 0 spiro atoms. The van der Waals surface area contributed by atoms with Gasteiger partial charge in [-0.15, -0.1) is 0 Å². The Morgan fingerprint density at radius 1 is 1.24 bits per heavy atom. The van der Waals surface area contributed by atoms with Gasteiger partial charge < -0.3 is 14.8 Å². The van der Waals surface area contributed by atoms with Gasteiger partial charge >= 0.3 is 0 Å². The maximum atomic E-state index is 5.48. The van der Waals surface area contributed by atoms with Crippen LogP contribution < -0.4 is 5.32 Å². The predicted molar refractivity (Wildman–Crippen MR) is 85.5 cm³/mol. The zero-order valence-electron chi connectivity index (χ0n) is 13.3. The molecule has 21 heavy (non-hydrogen) atoms. The molecular formula is C17H28N2O2. The zero-order chi connectivity index (χ0) is 14.9. The molecule has 4 nitrogen and oxygen atoms in total. The summed E-state index contributed by atoms with van der Waals surface area (Å²) < 4.78 is 10.8. The van der Waals surface area contributed by atoms with E-state index in [1.54, 1.807) is 14.2 Å². The molecule has 1 N–H and O–H groups in total. The summed E-state index contributed by atoms with van der Waals surface area (Å²) in [4.78, 5) is 2.49. The fraction of sp³-hybridized carbons (Fsp3) is 0.647. The normalized spacial score (nSPS) is 20.0. The van der Waals surface area contributed by atoms with Gasteiger partial charge in [-0.2, -0.15) is 0 Å². The molecule has 4 heteroatoms. The van der Waals surface area contributed by atoms with Gasteiger partial charge in [0.2, 0.25) is 0 Å². The lowest BCUT2D eigenvalue weighted by atomic mass is 10.0. The van der Waals surface area contributed by atoms with Crippen molar-refractivity contribution in [2.75, 3.05) is 47.1 Å². The number of ether oxygens (including phenoxy) is 2. The van der Waals surface area contributed by atoms with E-state index < -0.39 is 0 Å². The highest BCUT2D eigenvalue weighted by atomic mass is 16.5. The van der Waals surface area contributed by atoms with Crippen LogP contribution in [0.3, 0.4) is 0 Å². The van der Waals surface area contributed by atoms with Crippen LogP contribution in [0.15, 0.2) is 30.3 Å². The fourth-order valence-electron chi connectivity index (χ4n) is 3.02. The Kier molecular flexibility index (Phi) is 7.16. The van der Waals surface area contributed by atoms with Gasteiger partial charge in [0, 0.05) is 33.4 Å². The summed E-state index contributed by atoms with van der Waals surface area (Å²) in [7, 11) is 3.54. The van der Waals surface area contributed by atoms with Crippen LogP contribution >= 0.6 is 0 Å². The highest BCUT2D eigenvalue weighted by Crippen LogP contribution is 2.22. The number of methoxy groups -OCH3 is 2. The Labute approximate surface area is 128 Å². The fourth-order valence-corrected chi connectivity index (χ4v) is 3.02. The topological polar surface area (TPSA) is 33.7 Å². The maximum absolute atomic E-state index is 5.48. The molecule has 0 bridgehead atoms. The van der Waals surface area contributed by atoms with Gasteiger partial charge in [-0.1, -0.05) is 30.3 Å². The van der Waals surface area contributed by atoms with Crippen molar-refractivity contribution >= 4 is 0 Å². The predicted octanol–water partition coefficient (Wildman–Crippen LogP) is 2.07. The number of hydrogen-bond acceptors (Lipinski definition) is 4. The Balaban J connectivity index is 2.08. The van der Waals surface area contributed by atoms with E-state index in [0.717, 1.165) is 26.2 Å². The Morgan fingerprint density at radius 2 is 2.05 bits per heavy atom. The van der Waals surface area contributed by atoms with E-state index in [0.29, 0.717) is 12.6 Å². The molecule has 1 saturated heterocycles. The van der Waals surface area contributed by atoms with E-state index in [-0.39, 0.29) is 6.04 Å². The highest BCUT2D eigenvalue weighted by Gasteiger charge is 2.24. The standard InChI is InChI=1S/C17H28N2O2/c1-20-12-11-19(13-16-9-6-10-18-16)17(14-21-2)15-7-4-3-5-8-15/h3-5,7-8,16-18H,6,9-14H2,1-2H3. The third-order valence-corrected chi connectivity index (χ3v) is 4.15. The van der Waals surface area contributed by atoms with E-state index in [2.05, 4.69) is 40.5 Å². The van der Waals surface area contributed by atoms with Gasteiger partial charge in [-0.3, -0.25) is 4.90 Å². The van der Waals surface area contributed by atoms with E-state index in [4.69, 9.17) is 9.47 Å². The second-order valence-corrected chi connectivity index (χ2v) is 5.66. The van der Waals surface area contributed by atoms with Crippen molar-refractivity contribution in [3.63, 3.8) is 0 Å². The van der Waals surface area contributed by atoms with Gasteiger partial charge in [0.05, 0.1) is 19.3 Å². The molecule has 1 heterocycles. The molecule has 0 aromatic heterocycles. The first-order chi connectivity index (χ1) is 10.3. The summed E-state index contributed by atoms with van der Waals surface area (Å²) in [6, 6.07) is 11.5. The van der Waals surface area contributed by atoms with Crippen LogP contribution in [0.25, 0.3) is 0 Å². The van der Waals surface area contributed by atoms with Crippen molar-refractivity contribution in [3.05, 3.63) is 35.9 Å². The molecular weight excluding hydrogens is 264 g/mol. The molecule has 1 aliphatic rings. The quantitative estimate of drug-likeness (QED) is 0.755. The van der Waals surface area contributed by atoms with Gasteiger partial charge in [-0.05, 0) is 24.9 Å². The van der Waals surface area contributed by atoms with Crippen LogP contribution in [0.4, 0.5) is 0 Å². The Morgan fingerprint density at radius 3 is 2.67 bits per heavy atom. The van der Waals surface area contributed by atoms with Crippen LogP contribution in [0, 0.1) is 0 Å². The van der Waals surface area contributed by atoms with E-state index >= 15 is 0 Å². The second-order valence-electron chi connectivity index (χ2n) is 5.66. The van der Waals surface area contributed by atoms with Crippen LogP contribution in [-0.4, -0.2) is 58.0 Å². The molecule has 1 fully saturated rings. The Bertz CT molecular complexity index is 380. The summed E-state index contributed by atoms with van der Waals surface area (Å²) in [6.07, 6.45) is 2.54. The van der Waals surface area contributed by atoms with Crippen molar-refractivity contribution in [3.8, 4) is 0 Å². The molecule has 2 unspecified atom stereocenters. The second kappa shape index (κ2) is 9.15. The smallest absolute Gasteiger partial charge is 0.0659 e. The number of rotatable bonds is 9. The average molecular weight is 292 g/mol. The largest absolute Gasteiger partial charge is 0.383 e. The van der Waals surface area contributed by atoms with Crippen LogP contribution in [0.5, 0.6) is 0 Å². The SMILES string of the molecule is COCCN(CC1CCCN1)C(COC)c1ccccc1. The van der Waals surface area contributed by atoms with Crippen molar-refractivity contribution < 1.29 is 9.47 Å². The molecule has 0 radical (unpaired) electrons. The first-order valence-corrected chi connectivity index (χ1v) is 7.85. The van der Waals surface area contributed by atoms with E-state index in [1.165, 1.54) is 18.4 Å². The number of benzene rings is 1. The Hall–Kier alpha value is -0.940. The van der Waals surface area contributed by atoms with Crippen molar-refractivity contribution in [1.82, 2.24) is 10.2 Å². The number of hydrogen-bond donors (Lipinski definition) is 1. The lowest BCUT2D eigenvalue weighted by Crippen LogP contribution is -2.42. The van der Waals surface area contributed by atoms with Crippen LogP contribution in [0.1, 0.15) is 24.4 Å². The first kappa shape index (κ1) is 16.4. The molecule has 118 valence electrons. The van der Waals surface area contributed by atoms with Crippen LogP contribution in [-0.2, 0) is 9.47 Å². The third-order valence-electron chi connectivity index (χ3n) is 4.15. The van der Waals surface area contributed by atoms with Crippen LogP contribution in [0.2, 0.25) is 0 Å². The summed E-state index contributed by atoms with van der Waals surface area (Å²) in [6.45, 7) is 4.58. The summed E-state index contributed by atoms with van der Waals surface area (Å²) >= 11 is 0. The molecule has 1 aromatic rings. The van der Waals surface area contributed by atoms with Gasteiger partial charge in [-0.25, -0.2) is 0 Å². The van der Waals surface area contributed by atoms with E-state index in [9.17, 15) is 0 Å². The first-order valence-electron chi connectivity index (χ1n) is 7.85. The summed E-state index contributed by atoms with van der Waals surface area (Å²) in [5.74, 6) is 0. The summed E-state index contributed by atoms with van der Waals surface area (Å²) in [5.41, 5.74) is 1.31. The molecule has 0 saturated carbocycles. The number of nitrogens with zero attached hydrogens (tertiary/aromatic N) is 1.